The molecule has 0 saturated heterocycles. The number of imide groups is 1. The molecule has 5 rings (SSSR count). The first-order valence-electron chi connectivity index (χ1n) is 7.97. The lowest BCUT2D eigenvalue weighted by molar-refractivity contribution is -0.122. The van der Waals surface area contributed by atoms with E-state index in [0.717, 1.165) is 21.8 Å². The maximum absolute atomic E-state index is 12.4. The van der Waals surface area contributed by atoms with Crippen LogP contribution in [0.1, 0.15) is 11.4 Å². The number of hydrogen-bond donors (Lipinski definition) is 3. The van der Waals surface area contributed by atoms with Gasteiger partial charge in [-0.05, 0) is 24.3 Å². The SMILES string of the molecule is O=C1NC(=O)C(c2cc3ccccc3[nH]2)=C1c1cc2ccccc2[nH]1. The van der Waals surface area contributed by atoms with Crippen molar-refractivity contribution in [1.29, 1.82) is 0 Å². The number of nitrogens with one attached hydrogen (secondary N) is 3. The number of benzene rings is 2. The van der Waals surface area contributed by atoms with Gasteiger partial charge in [0.05, 0.1) is 22.5 Å². The highest BCUT2D eigenvalue weighted by atomic mass is 16.2. The van der Waals surface area contributed by atoms with Gasteiger partial charge in [0, 0.05) is 21.8 Å². The Morgan fingerprint density at radius 1 is 0.600 bits per heavy atom. The van der Waals surface area contributed by atoms with Crippen LogP contribution in [-0.4, -0.2) is 21.8 Å². The van der Waals surface area contributed by atoms with Crippen LogP contribution in [0.15, 0.2) is 60.7 Å². The number of H-pyrrole nitrogens is 2. The smallest absolute Gasteiger partial charge is 0.261 e. The van der Waals surface area contributed by atoms with Crippen molar-refractivity contribution < 1.29 is 9.59 Å². The van der Waals surface area contributed by atoms with Gasteiger partial charge in [0.15, 0.2) is 0 Å². The third-order valence-corrected chi connectivity index (χ3v) is 4.53. The molecule has 0 atom stereocenters. The molecule has 3 heterocycles. The second-order valence-corrected chi connectivity index (χ2v) is 6.07. The van der Waals surface area contributed by atoms with Crippen LogP contribution in [0, 0.1) is 0 Å². The van der Waals surface area contributed by atoms with Crippen molar-refractivity contribution in [2.24, 2.45) is 0 Å². The van der Waals surface area contributed by atoms with Crippen molar-refractivity contribution in [1.82, 2.24) is 15.3 Å². The quantitative estimate of drug-likeness (QED) is 0.494. The molecular formula is C20H13N3O2. The van der Waals surface area contributed by atoms with Gasteiger partial charge in [0.2, 0.25) is 0 Å². The Bertz CT molecular complexity index is 1050. The summed E-state index contributed by atoms with van der Waals surface area (Å²) in [7, 11) is 0. The van der Waals surface area contributed by atoms with Crippen molar-refractivity contribution in [3.05, 3.63) is 72.1 Å². The van der Waals surface area contributed by atoms with Crippen molar-refractivity contribution >= 4 is 44.8 Å². The molecule has 5 nitrogen and oxygen atoms in total. The number of amides is 2. The minimum absolute atomic E-state index is 0.368. The molecule has 1 aliphatic rings. The van der Waals surface area contributed by atoms with E-state index in [1.54, 1.807) is 0 Å². The number of carbonyl (C=O) groups excluding carboxylic acids is 2. The fraction of sp³-hybridized carbons (Fsp3) is 0. The highest BCUT2D eigenvalue weighted by Gasteiger charge is 2.33. The van der Waals surface area contributed by atoms with E-state index in [2.05, 4.69) is 15.3 Å². The standard InChI is InChI=1S/C20H13N3O2/c24-19-17(15-9-11-5-1-3-7-13(11)21-15)18(20(25)23-19)16-10-12-6-2-4-8-14(12)22-16/h1-10,21-22H,(H,23,24,25). The zero-order chi connectivity index (χ0) is 17.0. The third-order valence-electron chi connectivity index (χ3n) is 4.53. The summed E-state index contributed by atoms with van der Waals surface area (Å²) in [6.07, 6.45) is 0. The summed E-state index contributed by atoms with van der Waals surface area (Å²) < 4.78 is 0. The average molecular weight is 327 g/mol. The number of aromatic amines is 2. The Balaban J connectivity index is 1.77. The maximum atomic E-state index is 12.4. The molecule has 120 valence electrons. The molecule has 0 aliphatic carbocycles. The molecule has 0 spiro atoms. The third kappa shape index (κ3) is 2.03. The molecule has 1 aliphatic heterocycles. The van der Waals surface area contributed by atoms with Crippen molar-refractivity contribution in [3.63, 3.8) is 0 Å². The maximum Gasteiger partial charge on any atom is 0.261 e. The molecule has 2 aromatic heterocycles. The van der Waals surface area contributed by atoms with Gasteiger partial charge in [-0.25, -0.2) is 0 Å². The number of fused-ring (bicyclic) bond motifs is 2. The summed E-state index contributed by atoms with van der Waals surface area (Å²) in [4.78, 5) is 31.3. The summed E-state index contributed by atoms with van der Waals surface area (Å²) in [6, 6.07) is 19.3. The summed E-state index contributed by atoms with van der Waals surface area (Å²) >= 11 is 0. The van der Waals surface area contributed by atoms with Crippen molar-refractivity contribution in [2.45, 2.75) is 0 Å². The highest BCUT2D eigenvalue weighted by molar-refractivity contribution is 6.49. The topological polar surface area (TPSA) is 77.8 Å². The van der Waals surface area contributed by atoms with Gasteiger partial charge in [-0.1, -0.05) is 36.4 Å². The second-order valence-electron chi connectivity index (χ2n) is 6.07. The largest absolute Gasteiger partial charge is 0.354 e. The molecule has 0 bridgehead atoms. The molecule has 2 amide bonds. The molecular weight excluding hydrogens is 314 g/mol. The van der Waals surface area contributed by atoms with Crippen LogP contribution in [0.2, 0.25) is 0 Å². The van der Waals surface area contributed by atoms with Gasteiger partial charge in [-0.2, -0.15) is 0 Å². The summed E-state index contributed by atoms with van der Waals surface area (Å²) in [5, 5.41) is 4.40. The second kappa shape index (κ2) is 4.95. The average Bonchev–Trinajstić information content (AvgIpc) is 3.28. The Hall–Kier alpha value is -3.60. The minimum atomic E-state index is -0.384. The van der Waals surface area contributed by atoms with E-state index in [0.29, 0.717) is 22.5 Å². The normalized spacial score (nSPS) is 14.7. The minimum Gasteiger partial charge on any atom is -0.354 e. The number of para-hydroxylation sites is 2. The van der Waals surface area contributed by atoms with Gasteiger partial charge < -0.3 is 9.97 Å². The number of carbonyl (C=O) groups is 2. The van der Waals surface area contributed by atoms with Crippen LogP contribution in [-0.2, 0) is 9.59 Å². The number of rotatable bonds is 2. The van der Waals surface area contributed by atoms with Gasteiger partial charge in [-0.3, -0.25) is 14.9 Å². The molecule has 0 unspecified atom stereocenters. The summed E-state index contributed by atoms with van der Waals surface area (Å²) in [5.74, 6) is -0.768. The van der Waals surface area contributed by atoms with Crippen LogP contribution >= 0.6 is 0 Å². The molecule has 0 saturated carbocycles. The Kier molecular flexibility index (Phi) is 2.73. The first kappa shape index (κ1) is 13.8. The molecule has 3 N–H and O–H groups in total. The van der Waals surface area contributed by atoms with Crippen molar-refractivity contribution in [3.8, 4) is 0 Å². The van der Waals surface area contributed by atoms with Gasteiger partial charge in [-0.15, -0.1) is 0 Å². The van der Waals surface area contributed by atoms with E-state index in [9.17, 15) is 9.59 Å². The Labute approximate surface area is 142 Å². The van der Waals surface area contributed by atoms with Crippen LogP contribution in [0.5, 0.6) is 0 Å². The Morgan fingerprint density at radius 2 is 1.04 bits per heavy atom. The van der Waals surface area contributed by atoms with E-state index in [-0.39, 0.29) is 11.8 Å². The van der Waals surface area contributed by atoms with Crippen molar-refractivity contribution in [2.75, 3.05) is 0 Å². The zero-order valence-corrected chi connectivity index (χ0v) is 13.1. The lowest BCUT2D eigenvalue weighted by atomic mass is 10.0. The van der Waals surface area contributed by atoms with Gasteiger partial charge >= 0.3 is 0 Å². The fourth-order valence-corrected chi connectivity index (χ4v) is 3.39. The van der Waals surface area contributed by atoms with Gasteiger partial charge in [0.25, 0.3) is 11.8 Å². The predicted octanol–water partition coefficient (Wildman–Crippen LogP) is 3.22. The molecule has 0 fully saturated rings. The van der Waals surface area contributed by atoms with Crippen LogP contribution < -0.4 is 5.32 Å². The number of hydrogen-bond acceptors (Lipinski definition) is 2. The van der Waals surface area contributed by atoms with Gasteiger partial charge in [0.1, 0.15) is 0 Å². The summed E-state index contributed by atoms with van der Waals surface area (Å²) in [6.45, 7) is 0. The summed E-state index contributed by atoms with van der Waals surface area (Å²) in [5.41, 5.74) is 3.86. The first-order chi connectivity index (χ1) is 12.2. The Morgan fingerprint density at radius 3 is 1.48 bits per heavy atom. The number of aromatic nitrogens is 2. The highest BCUT2D eigenvalue weighted by Crippen LogP contribution is 2.33. The molecule has 25 heavy (non-hydrogen) atoms. The van der Waals surface area contributed by atoms with Crippen LogP contribution in [0.4, 0.5) is 0 Å². The van der Waals surface area contributed by atoms with Crippen LogP contribution in [0.3, 0.4) is 0 Å². The van der Waals surface area contributed by atoms with Crippen LogP contribution in [0.25, 0.3) is 33.0 Å². The molecule has 5 heteroatoms. The van der Waals surface area contributed by atoms with E-state index in [1.165, 1.54) is 0 Å². The lowest BCUT2D eigenvalue weighted by Crippen LogP contribution is -2.22. The predicted molar refractivity (Wildman–Crippen MR) is 96.6 cm³/mol. The first-order valence-corrected chi connectivity index (χ1v) is 7.97. The zero-order valence-electron chi connectivity index (χ0n) is 13.1. The lowest BCUT2D eigenvalue weighted by Gasteiger charge is -2.00. The van der Waals surface area contributed by atoms with E-state index < -0.39 is 0 Å². The molecule has 4 aromatic rings. The van der Waals surface area contributed by atoms with E-state index >= 15 is 0 Å². The monoisotopic (exact) mass is 327 g/mol. The molecule has 2 aromatic carbocycles. The molecule has 0 radical (unpaired) electrons. The van der Waals surface area contributed by atoms with E-state index in [4.69, 9.17) is 0 Å². The fourth-order valence-electron chi connectivity index (χ4n) is 3.39. The van der Waals surface area contributed by atoms with E-state index in [1.807, 2.05) is 60.7 Å².